The van der Waals surface area contributed by atoms with Gasteiger partial charge in [-0.15, -0.1) is 0 Å². The Morgan fingerprint density at radius 1 is 1.44 bits per heavy atom. The highest BCUT2D eigenvalue weighted by Gasteiger charge is 2.04. The summed E-state index contributed by atoms with van der Waals surface area (Å²) in [4.78, 5) is 0. The van der Waals surface area contributed by atoms with Gasteiger partial charge in [-0.25, -0.2) is 4.39 Å². The summed E-state index contributed by atoms with van der Waals surface area (Å²) in [5.74, 6) is 5.72. The average Bonchev–Trinajstić information content (AvgIpc) is 2.24. The van der Waals surface area contributed by atoms with Crippen molar-refractivity contribution >= 4 is 0 Å². The molecule has 0 atom stereocenters. The molecule has 0 amide bonds. The lowest BCUT2D eigenvalue weighted by Gasteiger charge is -2.10. The molecule has 0 aliphatic carbocycles. The minimum Gasteiger partial charge on any atom is -0.492 e. The Bertz CT molecular complexity index is 402. The minimum atomic E-state index is -0.362. The van der Waals surface area contributed by atoms with Crippen molar-refractivity contribution in [3.8, 4) is 17.6 Å². The van der Waals surface area contributed by atoms with Crippen molar-refractivity contribution in [3.63, 3.8) is 0 Å². The highest BCUT2D eigenvalue weighted by Crippen LogP contribution is 2.19. The summed E-state index contributed by atoms with van der Waals surface area (Å²) < 4.78 is 18.5. The fourth-order valence-corrected chi connectivity index (χ4v) is 1.12. The van der Waals surface area contributed by atoms with Crippen molar-refractivity contribution in [1.29, 1.82) is 0 Å². The summed E-state index contributed by atoms with van der Waals surface area (Å²) in [6.45, 7) is 4.37. The third-order valence-electron chi connectivity index (χ3n) is 1.82. The molecule has 0 heterocycles. The first-order valence-corrected chi connectivity index (χ1v) is 5.15. The van der Waals surface area contributed by atoms with Crippen LogP contribution in [0.15, 0.2) is 18.2 Å². The second-order valence-corrected chi connectivity index (χ2v) is 3.81. The number of halogens is 1. The van der Waals surface area contributed by atoms with Crippen molar-refractivity contribution in [2.24, 2.45) is 5.92 Å². The molecule has 0 saturated heterocycles. The molecule has 3 heteroatoms. The van der Waals surface area contributed by atoms with Gasteiger partial charge >= 0.3 is 0 Å². The van der Waals surface area contributed by atoms with Crippen LogP contribution < -0.4 is 4.74 Å². The molecular weight excluding hydrogens is 207 g/mol. The fourth-order valence-electron chi connectivity index (χ4n) is 1.12. The molecular formula is C13H15FO2. The Morgan fingerprint density at radius 3 is 2.81 bits per heavy atom. The molecule has 0 aromatic heterocycles. The lowest BCUT2D eigenvalue weighted by Crippen LogP contribution is -2.05. The first kappa shape index (κ1) is 12.5. The first-order valence-electron chi connectivity index (χ1n) is 5.15. The van der Waals surface area contributed by atoms with E-state index in [1.165, 1.54) is 12.1 Å². The average molecular weight is 222 g/mol. The van der Waals surface area contributed by atoms with E-state index >= 15 is 0 Å². The highest BCUT2D eigenvalue weighted by molar-refractivity contribution is 5.46. The number of aliphatic hydroxyl groups excluding tert-OH is 1. The number of ether oxygens (including phenoxy) is 1. The number of aliphatic hydroxyl groups is 1. The molecule has 0 radical (unpaired) electrons. The first-order chi connectivity index (χ1) is 7.63. The highest BCUT2D eigenvalue weighted by atomic mass is 19.1. The number of benzene rings is 1. The second kappa shape index (κ2) is 6.14. The Morgan fingerprint density at radius 2 is 2.19 bits per heavy atom. The van der Waals surface area contributed by atoms with Crippen LogP contribution in [0.2, 0.25) is 0 Å². The molecule has 1 N–H and O–H groups in total. The van der Waals surface area contributed by atoms with Crippen LogP contribution in [0.1, 0.15) is 19.4 Å². The second-order valence-electron chi connectivity index (χ2n) is 3.81. The quantitative estimate of drug-likeness (QED) is 0.794. The van der Waals surface area contributed by atoms with E-state index in [-0.39, 0.29) is 12.4 Å². The molecule has 2 nitrogen and oxygen atoms in total. The zero-order valence-corrected chi connectivity index (χ0v) is 9.46. The SMILES string of the molecule is CC(C)COc1ccc(F)cc1C#CCO. The van der Waals surface area contributed by atoms with Crippen molar-refractivity contribution in [2.75, 3.05) is 13.2 Å². The lowest BCUT2D eigenvalue weighted by atomic mass is 10.2. The standard InChI is InChI=1S/C13H15FO2/c1-10(2)9-16-13-6-5-12(14)8-11(13)4-3-7-15/h5-6,8,10,15H,7,9H2,1-2H3. The topological polar surface area (TPSA) is 29.5 Å². The monoisotopic (exact) mass is 222 g/mol. The van der Waals surface area contributed by atoms with Crippen molar-refractivity contribution in [1.82, 2.24) is 0 Å². The smallest absolute Gasteiger partial charge is 0.135 e. The van der Waals surface area contributed by atoms with E-state index in [2.05, 4.69) is 11.8 Å². The van der Waals surface area contributed by atoms with Crippen LogP contribution in [0, 0.1) is 23.6 Å². The van der Waals surface area contributed by atoms with Crippen molar-refractivity contribution in [2.45, 2.75) is 13.8 Å². The van der Waals surface area contributed by atoms with Gasteiger partial charge in [0.2, 0.25) is 0 Å². The zero-order valence-electron chi connectivity index (χ0n) is 9.46. The molecule has 0 aliphatic heterocycles. The number of hydrogen-bond donors (Lipinski definition) is 1. The summed E-state index contributed by atoms with van der Waals surface area (Å²) in [5, 5.41) is 8.60. The minimum absolute atomic E-state index is 0.250. The molecule has 1 aromatic rings. The summed E-state index contributed by atoms with van der Waals surface area (Å²) in [7, 11) is 0. The molecule has 1 aromatic carbocycles. The van der Waals surface area contributed by atoms with E-state index in [0.29, 0.717) is 23.8 Å². The Labute approximate surface area is 95.1 Å². The van der Waals surface area contributed by atoms with Crippen LogP contribution >= 0.6 is 0 Å². The molecule has 0 aliphatic rings. The van der Waals surface area contributed by atoms with E-state index in [4.69, 9.17) is 9.84 Å². The summed E-state index contributed by atoms with van der Waals surface area (Å²) in [6, 6.07) is 4.19. The van der Waals surface area contributed by atoms with Crippen molar-refractivity contribution < 1.29 is 14.2 Å². The van der Waals surface area contributed by atoms with Crippen LogP contribution in [0.5, 0.6) is 5.75 Å². The molecule has 0 spiro atoms. The lowest BCUT2D eigenvalue weighted by molar-refractivity contribution is 0.270. The van der Waals surface area contributed by atoms with Gasteiger partial charge in [-0.1, -0.05) is 25.7 Å². The van der Waals surface area contributed by atoms with Crippen LogP contribution in [-0.2, 0) is 0 Å². The van der Waals surface area contributed by atoms with E-state index in [1.54, 1.807) is 6.07 Å². The van der Waals surface area contributed by atoms with E-state index in [1.807, 2.05) is 13.8 Å². The molecule has 0 saturated carbocycles. The maximum Gasteiger partial charge on any atom is 0.135 e. The third kappa shape index (κ3) is 3.92. The van der Waals surface area contributed by atoms with Gasteiger partial charge < -0.3 is 9.84 Å². The van der Waals surface area contributed by atoms with Gasteiger partial charge in [0.15, 0.2) is 0 Å². The van der Waals surface area contributed by atoms with E-state index in [9.17, 15) is 4.39 Å². The van der Waals surface area contributed by atoms with Gasteiger partial charge in [-0.3, -0.25) is 0 Å². The summed E-state index contributed by atoms with van der Waals surface area (Å²) in [6.07, 6.45) is 0. The summed E-state index contributed by atoms with van der Waals surface area (Å²) in [5.41, 5.74) is 0.467. The summed E-state index contributed by atoms with van der Waals surface area (Å²) >= 11 is 0. The maximum absolute atomic E-state index is 13.0. The van der Waals surface area contributed by atoms with Crippen molar-refractivity contribution in [3.05, 3.63) is 29.6 Å². The maximum atomic E-state index is 13.0. The number of hydrogen-bond acceptors (Lipinski definition) is 2. The van der Waals surface area contributed by atoms with Crippen LogP contribution in [0.3, 0.4) is 0 Å². The molecule has 0 unspecified atom stereocenters. The van der Waals surface area contributed by atoms with Gasteiger partial charge in [-0.05, 0) is 24.1 Å². The molecule has 0 fully saturated rings. The van der Waals surface area contributed by atoms with Gasteiger partial charge in [0.1, 0.15) is 18.2 Å². The van der Waals surface area contributed by atoms with Gasteiger partial charge in [-0.2, -0.15) is 0 Å². The van der Waals surface area contributed by atoms with Crippen LogP contribution in [0.4, 0.5) is 4.39 Å². The Balaban J connectivity index is 2.89. The molecule has 1 rings (SSSR count). The van der Waals surface area contributed by atoms with Gasteiger partial charge in [0.25, 0.3) is 0 Å². The fraction of sp³-hybridized carbons (Fsp3) is 0.385. The predicted octanol–water partition coefficient (Wildman–Crippen LogP) is 2.20. The van der Waals surface area contributed by atoms with E-state index < -0.39 is 0 Å². The molecule has 16 heavy (non-hydrogen) atoms. The Hall–Kier alpha value is -1.53. The zero-order chi connectivity index (χ0) is 12.0. The largest absolute Gasteiger partial charge is 0.492 e. The number of rotatable bonds is 3. The van der Waals surface area contributed by atoms with Crippen LogP contribution in [-0.4, -0.2) is 18.3 Å². The third-order valence-corrected chi connectivity index (χ3v) is 1.82. The van der Waals surface area contributed by atoms with Crippen LogP contribution in [0.25, 0.3) is 0 Å². The van der Waals surface area contributed by atoms with Gasteiger partial charge in [0.05, 0.1) is 12.2 Å². The van der Waals surface area contributed by atoms with E-state index in [0.717, 1.165) is 0 Å². The van der Waals surface area contributed by atoms with Gasteiger partial charge in [0, 0.05) is 0 Å². The predicted molar refractivity (Wildman–Crippen MR) is 60.7 cm³/mol. The Kier molecular flexibility index (Phi) is 4.81. The molecule has 0 bridgehead atoms. The molecule has 86 valence electrons. The normalized spacial score (nSPS) is 9.81.